The predicted molar refractivity (Wildman–Crippen MR) is 325 cm³/mol. The Labute approximate surface area is 467 Å². The molecule has 0 amide bonds. The van der Waals surface area contributed by atoms with Crippen LogP contribution in [0.2, 0.25) is 0 Å². The molecule has 0 aromatic rings. The molecule has 0 aromatic carbocycles. The lowest BCUT2D eigenvalue weighted by Crippen LogP contribution is -2.30. The van der Waals surface area contributed by atoms with Crippen molar-refractivity contribution in [1.29, 1.82) is 0 Å². The summed E-state index contributed by atoms with van der Waals surface area (Å²) in [5, 5.41) is 0. The third-order valence-corrected chi connectivity index (χ3v) is 14.8. The van der Waals surface area contributed by atoms with E-state index in [1.54, 1.807) is 0 Å². The van der Waals surface area contributed by atoms with E-state index in [-0.39, 0.29) is 31.1 Å². The zero-order valence-corrected chi connectivity index (χ0v) is 50.3. The summed E-state index contributed by atoms with van der Waals surface area (Å²) >= 11 is 0. The van der Waals surface area contributed by atoms with E-state index in [0.717, 1.165) is 96.3 Å². The van der Waals surface area contributed by atoms with E-state index >= 15 is 0 Å². The van der Waals surface area contributed by atoms with Crippen LogP contribution in [-0.2, 0) is 28.6 Å². The Bertz CT molecular complexity index is 1300. The molecule has 75 heavy (non-hydrogen) atoms. The molecule has 0 saturated carbocycles. The van der Waals surface area contributed by atoms with Crippen LogP contribution in [0.3, 0.4) is 0 Å². The lowest BCUT2D eigenvalue weighted by molar-refractivity contribution is -0.167. The quantitative estimate of drug-likeness (QED) is 0.0261. The number of rotatable bonds is 61. The van der Waals surface area contributed by atoms with Crippen molar-refractivity contribution < 1.29 is 28.6 Å². The van der Waals surface area contributed by atoms with Crippen LogP contribution in [0.15, 0.2) is 48.6 Å². The third kappa shape index (κ3) is 62.1. The van der Waals surface area contributed by atoms with Crippen molar-refractivity contribution in [2.24, 2.45) is 0 Å². The highest BCUT2D eigenvalue weighted by molar-refractivity contribution is 5.71. The Morgan fingerprint density at radius 2 is 0.520 bits per heavy atom. The summed E-state index contributed by atoms with van der Waals surface area (Å²) in [7, 11) is 0. The fourth-order valence-corrected chi connectivity index (χ4v) is 9.91. The van der Waals surface area contributed by atoms with Crippen molar-refractivity contribution in [2.75, 3.05) is 13.2 Å². The summed E-state index contributed by atoms with van der Waals surface area (Å²) in [5.74, 6) is -0.863. The molecule has 0 radical (unpaired) electrons. The second kappa shape index (κ2) is 63.9. The molecule has 0 fully saturated rings. The number of ether oxygens (including phenoxy) is 3. The van der Waals surface area contributed by atoms with Crippen molar-refractivity contribution in [3.63, 3.8) is 0 Å². The lowest BCUT2D eigenvalue weighted by atomic mass is 10.0. The summed E-state index contributed by atoms with van der Waals surface area (Å²) in [4.78, 5) is 38.3. The first-order valence-corrected chi connectivity index (χ1v) is 33.1. The molecule has 1 atom stereocenters. The Balaban J connectivity index is 4.28. The molecule has 0 bridgehead atoms. The first-order chi connectivity index (χ1) is 37.0. The molecular formula is C69H126O6. The van der Waals surface area contributed by atoms with Gasteiger partial charge in [0.25, 0.3) is 0 Å². The van der Waals surface area contributed by atoms with Gasteiger partial charge in [0.05, 0.1) is 0 Å². The van der Waals surface area contributed by atoms with Gasteiger partial charge in [-0.25, -0.2) is 0 Å². The highest BCUT2D eigenvalue weighted by atomic mass is 16.6. The minimum Gasteiger partial charge on any atom is -0.462 e. The molecule has 6 heteroatoms. The van der Waals surface area contributed by atoms with Gasteiger partial charge in [0.1, 0.15) is 13.2 Å². The third-order valence-electron chi connectivity index (χ3n) is 14.8. The van der Waals surface area contributed by atoms with E-state index in [4.69, 9.17) is 14.2 Å². The van der Waals surface area contributed by atoms with Crippen molar-refractivity contribution in [3.8, 4) is 0 Å². The number of esters is 3. The fourth-order valence-electron chi connectivity index (χ4n) is 9.91. The van der Waals surface area contributed by atoms with E-state index < -0.39 is 6.10 Å². The minimum atomic E-state index is -0.778. The number of carbonyl (C=O) groups excluding carboxylic acids is 3. The average Bonchev–Trinajstić information content (AvgIpc) is 3.41. The normalized spacial score (nSPS) is 12.3. The molecule has 1 unspecified atom stereocenters. The van der Waals surface area contributed by atoms with Crippen LogP contribution in [0.4, 0.5) is 0 Å². The van der Waals surface area contributed by atoms with Crippen LogP contribution in [-0.4, -0.2) is 37.2 Å². The summed E-state index contributed by atoms with van der Waals surface area (Å²) < 4.78 is 17.0. The first kappa shape index (κ1) is 72.4. The fraction of sp³-hybridized carbons (Fsp3) is 0.841. The first-order valence-electron chi connectivity index (χ1n) is 33.1. The maximum atomic E-state index is 12.9. The van der Waals surface area contributed by atoms with Gasteiger partial charge in [0, 0.05) is 19.3 Å². The van der Waals surface area contributed by atoms with Gasteiger partial charge in [-0.2, -0.15) is 0 Å². The van der Waals surface area contributed by atoms with E-state index in [2.05, 4.69) is 69.4 Å². The summed E-state index contributed by atoms with van der Waals surface area (Å²) in [5.41, 5.74) is 0. The predicted octanol–water partition coefficient (Wildman–Crippen LogP) is 22.6. The van der Waals surface area contributed by atoms with Gasteiger partial charge >= 0.3 is 17.9 Å². The maximum absolute atomic E-state index is 12.9. The number of hydrogen-bond acceptors (Lipinski definition) is 6. The molecule has 0 heterocycles. The Morgan fingerprint density at radius 1 is 0.280 bits per heavy atom. The number of allylic oxidation sites excluding steroid dienone is 8. The Morgan fingerprint density at radius 3 is 0.813 bits per heavy atom. The van der Waals surface area contributed by atoms with Gasteiger partial charge in [-0.05, 0) is 57.8 Å². The van der Waals surface area contributed by atoms with E-state index in [1.165, 1.54) is 218 Å². The van der Waals surface area contributed by atoms with Gasteiger partial charge < -0.3 is 14.2 Å². The van der Waals surface area contributed by atoms with E-state index in [1.807, 2.05) is 0 Å². The van der Waals surface area contributed by atoms with Gasteiger partial charge in [-0.3, -0.25) is 14.4 Å². The molecule has 0 N–H and O–H groups in total. The van der Waals surface area contributed by atoms with Crippen LogP contribution in [0, 0.1) is 0 Å². The Hall–Kier alpha value is -2.63. The molecule has 0 spiro atoms. The molecule has 0 aliphatic rings. The van der Waals surface area contributed by atoms with Crippen LogP contribution in [0.25, 0.3) is 0 Å². The number of unbranched alkanes of at least 4 members (excludes halogenated alkanes) is 42. The monoisotopic (exact) mass is 1050 g/mol. The zero-order chi connectivity index (χ0) is 54.3. The highest BCUT2D eigenvalue weighted by Crippen LogP contribution is 2.18. The van der Waals surface area contributed by atoms with Crippen LogP contribution >= 0.6 is 0 Å². The SMILES string of the molecule is CC/C=C\C/C=C\C/C=C\C/C=C\CCCCCCCCC(=O)OC(COC(=O)CCCCCCCCCCCCCCCC)COC(=O)CCCCCCCCCCCCCCCCCCCCCCCCCC. The zero-order valence-electron chi connectivity index (χ0n) is 50.3. The van der Waals surface area contributed by atoms with Crippen LogP contribution in [0.1, 0.15) is 355 Å². The Kier molecular flexibility index (Phi) is 61.7. The molecule has 6 nitrogen and oxygen atoms in total. The summed E-state index contributed by atoms with van der Waals surface area (Å²) in [6.45, 7) is 6.58. The maximum Gasteiger partial charge on any atom is 0.306 e. The summed E-state index contributed by atoms with van der Waals surface area (Å²) in [6, 6.07) is 0. The second-order valence-electron chi connectivity index (χ2n) is 22.4. The van der Waals surface area contributed by atoms with Gasteiger partial charge in [0.15, 0.2) is 6.10 Å². The van der Waals surface area contributed by atoms with E-state index in [0.29, 0.717) is 19.3 Å². The van der Waals surface area contributed by atoms with Gasteiger partial charge in [-0.15, -0.1) is 0 Å². The smallest absolute Gasteiger partial charge is 0.306 e. The molecule has 0 aliphatic heterocycles. The molecule has 0 saturated heterocycles. The van der Waals surface area contributed by atoms with Gasteiger partial charge in [-0.1, -0.05) is 326 Å². The minimum absolute atomic E-state index is 0.0740. The van der Waals surface area contributed by atoms with Crippen LogP contribution in [0.5, 0.6) is 0 Å². The largest absolute Gasteiger partial charge is 0.462 e. The van der Waals surface area contributed by atoms with Crippen molar-refractivity contribution in [1.82, 2.24) is 0 Å². The van der Waals surface area contributed by atoms with Crippen molar-refractivity contribution in [2.45, 2.75) is 361 Å². The van der Waals surface area contributed by atoms with Crippen molar-refractivity contribution in [3.05, 3.63) is 48.6 Å². The molecular weight excluding hydrogens is 925 g/mol. The highest BCUT2D eigenvalue weighted by Gasteiger charge is 2.19. The molecule has 0 aliphatic carbocycles. The van der Waals surface area contributed by atoms with Gasteiger partial charge in [0.2, 0.25) is 0 Å². The summed E-state index contributed by atoms with van der Waals surface area (Å²) in [6.07, 6.45) is 79.8. The number of hydrogen-bond donors (Lipinski definition) is 0. The van der Waals surface area contributed by atoms with Crippen molar-refractivity contribution >= 4 is 17.9 Å². The average molecular weight is 1050 g/mol. The topological polar surface area (TPSA) is 78.9 Å². The number of carbonyl (C=O) groups is 3. The molecule has 438 valence electrons. The van der Waals surface area contributed by atoms with Crippen LogP contribution < -0.4 is 0 Å². The second-order valence-corrected chi connectivity index (χ2v) is 22.4. The molecule has 0 aromatic heterocycles. The molecule has 0 rings (SSSR count). The van der Waals surface area contributed by atoms with E-state index in [9.17, 15) is 14.4 Å². The lowest BCUT2D eigenvalue weighted by Gasteiger charge is -2.18. The standard InChI is InChI=1S/C69H126O6/c1-4-7-10-13-16-19-22-25-28-30-32-33-34-35-36-38-39-41-44-47-50-53-56-59-62-68(71)74-65-66(64-73-67(70)61-58-55-52-49-46-43-27-24-21-18-15-12-9-6-3)75-69(72)63-60-57-54-51-48-45-42-40-37-31-29-26-23-20-17-14-11-8-5-2/h8,11,17,20,26,29,37,40,66H,4-7,9-10,12-16,18-19,21-25,27-28,30-36,38-39,41-65H2,1-3H3/b11-8-,20-17-,29-26-,40-37-.